The van der Waals surface area contributed by atoms with Crippen LogP contribution in [0.15, 0.2) is 30.6 Å². The van der Waals surface area contributed by atoms with E-state index in [1.165, 1.54) is 0 Å². The molecule has 0 bridgehead atoms. The minimum Gasteiger partial charge on any atom is -0.462 e. The Hall–Kier alpha value is -2.50. The summed E-state index contributed by atoms with van der Waals surface area (Å²) in [7, 11) is 1.82. The molecule has 3 N–H and O–H groups in total. The molecule has 6 heteroatoms. The number of ether oxygens (including phenoxy) is 1. The zero-order valence-corrected chi connectivity index (χ0v) is 10.9. The fourth-order valence-electron chi connectivity index (χ4n) is 1.65. The van der Waals surface area contributed by atoms with Crippen LogP contribution in [0.25, 0.3) is 0 Å². The highest BCUT2D eigenvalue weighted by Crippen LogP contribution is 2.24. The fourth-order valence-corrected chi connectivity index (χ4v) is 1.65. The Morgan fingerprint density at radius 2 is 2.32 bits per heavy atom. The maximum Gasteiger partial charge on any atom is 0.338 e. The standard InChI is InChI=1S/C13H16N4O2/c1-3-19-13(18)9-4-5-11(14)12(6-9)16-10-7-15-17(2)8-10/h4-8,16H,3,14H2,1-2H3. The molecule has 0 saturated heterocycles. The van der Waals surface area contributed by atoms with Crippen molar-refractivity contribution in [1.29, 1.82) is 0 Å². The number of hydrogen-bond acceptors (Lipinski definition) is 5. The van der Waals surface area contributed by atoms with Crippen molar-refractivity contribution in [3.63, 3.8) is 0 Å². The van der Waals surface area contributed by atoms with E-state index in [1.54, 1.807) is 36.0 Å². The molecule has 0 aliphatic carbocycles. The lowest BCUT2D eigenvalue weighted by molar-refractivity contribution is 0.0526. The van der Waals surface area contributed by atoms with E-state index < -0.39 is 0 Å². The number of nitrogen functional groups attached to an aromatic ring is 1. The number of rotatable bonds is 4. The second kappa shape index (κ2) is 5.43. The first-order valence-electron chi connectivity index (χ1n) is 5.92. The van der Waals surface area contributed by atoms with Crippen LogP contribution in [-0.2, 0) is 11.8 Å². The van der Waals surface area contributed by atoms with Gasteiger partial charge in [0.1, 0.15) is 0 Å². The van der Waals surface area contributed by atoms with Gasteiger partial charge in [-0.15, -0.1) is 0 Å². The van der Waals surface area contributed by atoms with Crippen LogP contribution in [0, 0.1) is 0 Å². The zero-order chi connectivity index (χ0) is 13.8. The molecule has 1 aromatic heterocycles. The molecule has 0 fully saturated rings. The van der Waals surface area contributed by atoms with Gasteiger partial charge in [-0.25, -0.2) is 4.79 Å². The number of nitrogens with zero attached hydrogens (tertiary/aromatic N) is 2. The molecule has 6 nitrogen and oxygen atoms in total. The summed E-state index contributed by atoms with van der Waals surface area (Å²) in [6, 6.07) is 4.98. The van der Waals surface area contributed by atoms with Crippen molar-refractivity contribution in [3.8, 4) is 0 Å². The number of esters is 1. The molecule has 2 rings (SSSR count). The minimum absolute atomic E-state index is 0.342. The van der Waals surface area contributed by atoms with Crippen LogP contribution < -0.4 is 11.1 Å². The summed E-state index contributed by atoms with van der Waals surface area (Å²) in [5, 5.41) is 7.17. The third-order valence-corrected chi connectivity index (χ3v) is 2.55. The molecule has 0 amide bonds. The Morgan fingerprint density at radius 3 is 2.95 bits per heavy atom. The van der Waals surface area contributed by atoms with Gasteiger partial charge in [0.2, 0.25) is 0 Å². The molecule has 0 spiro atoms. The molecule has 1 heterocycles. The number of aryl methyl sites for hydroxylation is 1. The number of hydrogen-bond donors (Lipinski definition) is 2. The van der Waals surface area contributed by atoms with Crippen molar-refractivity contribution >= 4 is 23.0 Å². The molecule has 1 aromatic carbocycles. The largest absolute Gasteiger partial charge is 0.462 e. The van der Waals surface area contributed by atoms with Crippen molar-refractivity contribution in [2.75, 3.05) is 17.7 Å². The molecule has 100 valence electrons. The molecular weight excluding hydrogens is 244 g/mol. The van der Waals surface area contributed by atoms with E-state index in [0.29, 0.717) is 23.5 Å². The van der Waals surface area contributed by atoms with E-state index in [4.69, 9.17) is 10.5 Å². The minimum atomic E-state index is -0.364. The van der Waals surface area contributed by atoms with Crippen LogP contribution in [0.4, 0.5) is 17.1 Å². The summed E-state index contributed by atoms with van der Waals surface area (Å²) in [4.78, 5) is 11.7. The van der Waals surface area contributed by atoms with Crippen molar-refractivity contribution < 1.29 is 9.53 Å². The molecule has 0 saturated carbocycles. The van der Waals surface area contributed by atoms with Crippen molar-refractivity contribution in [3.05, 3.63) is 36.2 Å². The smallest absolute Gasteiger partial charge is 0.338 e. The summed E-state index contributed by atoms with van der Waals surface area (Å²) < 4.78 is 6.63. The van der Waals surface area contributed by atoms with Crippen LogP contribution in [0.3, 0.4) is 0 Å². The van der Waals surface area contributed by atoms with Crippen molar-refractivity contribution in [1.82, 2.24) is 9.78 Å². The number of carbonyl (C=O) groups excluding carboxylic acids is 1. The fraction of sp³-hybridized carbons (Fsp3) is 0.231. The lowest BCUT2D eigenvalue weighted by Gasteiger charge is -2.09. The lowest BCUT2D eigenvalue weighted by Crippen LogP contribution is -2.06. The number of nitrogens with one attached hydrogen (secondary N) is 1. The van der Waals surface area contributed by atoms with Crippen molar-refractivity contribution in [2.24, 2.45) is 7.05 Å². The van der Waals surface area contributed by atoms with E-state index in [0.717, 1.165) is 5.69 Å². The predicted molar refractivity (Wildman–Crippen MR) is 73.3 cm³/mol. The van der Waals surface area contributed by atoms with Crippen LogP contribution in [0.5, 0.6) is 0 Å². The molecule has 0 atom stereocenters. The molecule has 19 heavy (non-hydrogen) atoms. The second-order valence-corrected chi connectivity index (χ2v) is 4.05. The quantitative estimate of drug-likeness (QED) is 0.648. The topological polar surface area (TPSA) is 82.2 Å². The summed E-state index contributed by atoms with van der Waals surface area (Å²) in [5.41, 5.74) is 8.34. The Morgan fingerprint density at radius 1 is 1.53 bits per heavy atom. The van der Waals surface area contributed by atoms with Gasteiger partial charge in [-0.1, -0.05) is 0 Å². The highest BCUT2D eigenvalue weighted by Gasteiger charge is 2.09. The van der Waals surface area contributed by atoms with Crippen molar-refractivity contribution in [2.45, 2.75) is 6.92 Å². The van der Waals surface area contributed by atoms with Crippen LogP contribution in [-0.4, -0.2) is 22.4 Å². The maximum atomic E-state index is 11.7. The highest BCUT2D eigenvalue weighted by atomic mass is 16.5. The van der Waals surface area contributed by atoms with Gasteiger partial charge in [0.05, 0.1) is 35.4 Å². The average molecular weight is 260 g/mol. The summed E-state index contributed by atoms with van der Waals surface area (Å²) >= 11 is 0. The first-order valence-corrected chi connectivity index (χ1v) is 5.92. The molecular formula is C13H16N4O2. The number of benzene rings is 1. The van der Waals surface area contributed by atoms with Crippen LogP contribution in [0.1, 0.15) is 17.3 Å². The summed E-state index contributed by atoms with van der Waals surface area (Å²) in [6.07, 6.45) is 3.49. The van der Waals surface area contributed by atoms with E-state index in [2.05, 4.69) is 10.4 Å². The third kappa shape index (κ3) is 3.04. The van der Waals surface area contributed by atoms with Gasteiger partial charge in [-0.2, -0.15) is 5.10 Å². The van der Waals surface area contributed by atoms with Gasteiger partial charge < -0.3 is 15.8 Å². The number of anilines is 3. The van der Waals surface area contributed by atoms with Gasteiger partial charge in [0.25, 0.3) is 0 Å². The van der Waals surface area contributed by atoms with Crippen LogP contribution >= 0.6 is 0 Å². The van der Waals surface area contributed by atoms with E-state index >= 15 is 0 Å². The number of carbonyl (C=O) groups is 1. The Labute approximate surface area is 111 Å². The maximum absolute atomic E-state index is 11.7. The number of nitrogens with two attached hydrogens (primary N) is 1. The first-order chi connectivity index (χ1) is 9.10. The summed E-state index contributed by atoms with van der Waals surface area (Å²) in [6.45, 7) is 2.11. The Kier molecular flexibility index (Phi) is 3.70. The second-order valence-electron chi connectivity index (χ2n) is 4.05. The van der Waals surface area contributed by atoms with E-state index in [-0.39, 0.29) is 5.97 Å². The third-order valence-electron chi connectivity index (χ3n) is 2.55. The van der Waals surface area contributed by atoms with Crippen LogP contribution in [0.2, 0.25) is 0 Å². The van der Waals surface area contributed by atoms with E-state index in [9.17, 15) is 4.79 Å². The number of aromatic nitrogens is 2. The predicted octanol–water partition coefficient (Wildman–Crippen LogP) is 1.92. The Balaban J connectivity index is 2.24. The van der Waals surface area contributed by atoms with Gasteiger partial charge in [-0.3, -0.25) is 4.68 Å². The average Bonchev–Trinajstić information content (AvgIpc) is 2.78. The summed E-state index contributed by atoms with van der Waals surface area (Å²) in [5.74, 6) is -0.364. The molecule has 0 radical (unpaired) electrons. The molecule has 2 aromatic rings. The highest BCUT2D eigenvalue weighted by molar-refractivity contribution is 5.92. The van der Waals surface area contributed by atoms with E-state index in [1.807, 2.05) is 13.2 Å². The molecule has 0 unspecified atom stereocenters. The van der Waals surface area contributed by atoms with Gasteiger partial charge >= 0.3 is 5.97 Å². The van der Waals surface area contributed by atoms with Gasteiger partial charge in [0.15, 0.2) is 0 Å². The lowest BCUT2D eigenvalue weighted by atomic mass is 10.1. The first kappa shape index (κ1) is 12.9. The SMILES string of the molecule is CCOC(=O)c1ccc(N)c(Nc2cnn(C)c2)c1. The Bertz CT molecular complexity index is 592. The molecule has 0 aliphatic heterocycles. The zero-order valence-electron chi connectivity index (χ0n) is 10.9. The van der Waals surface area contributed by atoms with Gasteiger partial charge in [-0.05, 0) is 25.1 Å². The molecule has 0 aliphatic rings. The van der Waals surface area contributed by atoms with Gasteiger partial charge in [0, 0.05) is 13.2 Å². The monoisotopic (exact) mass is 260 g/mol. The normalized spacial score (nSPS) is 10.2.